The summed E-state index contributed by atoms with van der Waals surface area (Å²) in [5, 5.41) is 13.3. The van der Waals surface area contributed by atoms with Gasteiger partial charge in [-0.1, -0.05) is 17.8 Å². The van der Waals surface area contributed by atoms with Gasteiger partial charge in [-0.05, 0) is 0 Å². The lowest BCUT2D eigenvalue weighted by Crippen LogP contribution is -2.29. The summed E-state index contributed by atoms with van der Waals surface area (Å²) in [5.41, 5.74) is 0.702. The number of aliphatic hydroxyl groups is 1. The van der Waals surface area contributed by atoms with Crippen LogP contribution in [0.25, 0.3) is 0 Å². The van der Waals surface area contributed by atoms with Crippen molar-refractivity contribution in [1.82, 2.24) is 0 Å². The van der Waals surface area contributed by atoms with Gasteiger partial charge >= 0.3 is 0 Å². The van der Waals surface area contributed by atoms with Crippen molar-refractivity contribution in [1.29, 1.82) is 0 Å². The number of rotatable bonds is 3. The molecule has 0 bridgehead atoms. The molecular formula is C9H13NO4. The Morgan fingerprint density at radius 3 is 3.29 bits per heavy atom. The van der Waals surface area contributed by atoms with Gasteiger partial charge in [-0.15, -0.1) is 0 Å². The first-order valence-corrected chi connectivity index (χ1v) is 4.54. The summed E-state index contributed by atoms with van der Waals surface area (Å²) in [6.45, 7) is 4.54. The highest BCUT2D eigenvalue weighted by Gasteiger charge is 2.45. The number of fused-ring (bicyclic) bond motifs is 1. The minimum absolute atomic E-state index is 0.241. The average molecular weight is 199 g/mol. The largest absolute Gasteiger partial charge is 0.391 e. The molecule has 2 aliphatic heterocycles. The lowest BCUT2D eigenvalue weighted by molar-refractivity contribution is 0.0197. The third kappa shape index (κ3) is 1.66. The molecule has 0 aliphatic carbocycles. The first-order valence-electron chi connectivity index (χ1n) is 4.54. The molecule has 0 amide bonds. The van der Waals surface area contributed by atoms with Gasteiger partial charge in [0, 0.05) is 0 Å². The molecule has 2 saturated heterocycles. The fourth-order valence-electron chi connectivity index (χ4n) is 1.59. The maximum atomic E-state index is 9.43. The molecule has 0 aromatic heterocycles. The fourth-order valence-corrected chi connectivity index (χ4v) is 1.59. The second kappa shape index (κ2) is 4.08. The molecule has 0 spiro atoms. The van der Waals surface area contributed by atoms with E-state index in [2.05, 4.69) is 11.7 Å². The van der Waals surface area contributed by atoms with E-state index in [0.717, 1.165) is 0 Å². The Morgan fingerprint density at radius 2 is 2.50 bits per heavy atom. The maximum Gasteiger partial charge on any atom is 0.135 e. The summed E-state index contributed by atoms with van der Waals surface area (Å²) in [6.07, 6.45) is 0.546. The van der Waals surface area contributed by atoms with Crippen LogP contribution >= 0.6 is 0 Å². The number of ether oxygens (including phenoxy) is 2. The summed E-state index contributed by atoms with van der Waals surface area (Å²) in [5.74, 6) is 0. The number of nitrogens with zero attached hydrogens (tertiary/aromatic N) is 1. The Balaban J connectivity index is 1.95. The van der Waals surface area contributed by atoms with Crippen molar-refractivity contribution in [3.05, 3.63) is 12.7 Å². The van der Waals surface area contributed by atoms with Gasteiger partial charge in [-0.2, -0.15) is 0 Å². The summed E-state index contributed by atoms with van der Waals surface area (Å²) in [7, 11) is 0. The first kappa shape index (κ1) is 9.64. The minimum Gasteiger partial charge on any atom is -0.391 e. The molecule has 2 aliphatic rings. The lowest BCUT2D eigenvalue weighted by Gasteiger charge is -2.07. The number of oxime groups is 1. The van der Waals surface area contributed by atoms with Gasteiger partial charge in [0.1, 0.15) is 30.6 Å². The van der Waals surface area contributed by atoms with Crippen LogP contribution in [-0.4, -0.2) is 49.0 Å². The Labute approximate surface area is 81.9 Å². The second-order valence-corrected chi connectivity index (χ2v) is 3.26. The highest BCUT2D eigenvalue weighted by molar-refractivity contribution is 5.92. The van der Waals surface area contributed by atoms with Crippen molar-refractivity contribution in [3.63, 3.8) is 0 Å². The van der Waals surface area contributed by atoms with E-state index in [1.807, 2.05) is 0 Å². The van der Waals surface area contributed by atoms with E-state index in [0.29, 0.717) is 25.5 Å². The molecular weight excluding hydrogens is 186 g/mol. The highest BCUT2D eigenvalue weighted by Crippen LogP contribution is 2.24. The molecule has 14 heavy (non-hydrogen) atoms. The van der Waals surface area contributed by atoms with E-state index < -0.39 is 6.10 Å². The van der Waals surface area contributed by atoms with Gasteiger partial charge in [-0.3, -0.25) is 0 Å². The van der Waals surface area contributed by atoms with Crippen LogP contribution in [-0.2, 0) is 14.3 Å². The van der Waals surface area contributed by atoms with Crippen molar-refractivity contribution in [3.8, 4) is 0 Å². The standard InChI is InChI=1S/C9H13NO4/c1-2-3-14-10-6-4-12-9-7(11)5-13-8(6)9/h2,7-9,11H,1,3-5H2. The Morgan fingerprint density at radius 1 is 1.64 bits per heavy atom. The van der Waals surface area contributed by atoms with Crippen LogP contribution in [0, 0.1) is 0 Å². The smallest absolute Gasteiger partial charge is 0.135 e. The molecule has 3 unspecified atom stereocenters. The lowest BCUT2D eigenvalue weighted by atomic mass is 10.1. The predicted octanol–water partition coefficient (Wildman–Crippen LogP) is -0.297. The van der Waals surface area contributed by atoms with Crippen molar-refractivity contribution in [2.75, 3.05) is 19.8 Å². The van der Waals surface area contributed by atoms with Gasteiger partial charge in [0.25, 0.3) is 0 Å². The molecule has 5 nitrogen and oxygen atoms in total. The van der Waals surface area contributed by atoms with Crippen LogP contribution in [0.5, 0.6) is 0 Å². The first-order chi connectivity index (χ1) is 6.83. The van der Waals surface area contributed by atoms with Gasteiger partial charge in [0.05, 0.1) is 13.2 Å². The average Bonchev–Trinajstić information content (AvgIpc) is 2.72. The van der Waals surface area contributed by atoms with Crippen molar-refractivity contribution in [2.45, 2.75) is 18.3 Å². The van der Waals surface area contributed by atoms with Gasteiger partial charge in [0.15, 0.2) is 0 Å². The quantitative estimate of drug-likeness (QED) is 0.385. The maximum absolute atomic E-state index is 9.43. The van der Waals surface area contributed by atoms with E-state index in [4.69, 9.17) is 14.3 Å². The monoisotopic (exact) mass is 199 g/mol. The summed E-state index contributed by atoms with van der Waals surface area (Å²) in [6, 6.07) is 0. The Bertz CT molecular complexity index is 253. The van der Waals surface area contributed by atoms with Crippen LogP contribution in [0.3, 0.4) is 0 Å². The van der Waals surface area contributed by atoms with E-state index in [1.54, 1.807) is 6.08 Å². The van der Waals surface area contributed by atoms with Crippen LogP contribution in [0.1, 0.15) is 0 Å². The Hall–Kier alpha value is -0.910. The Kier molecular flexibility index (Phi) is 2.81. The van der Waals surface area contributed by atoms with Crippen molar-refractivity contribution in [2.24, 2.45) is 5.16 Å². The molecule has 2 rings (SSSR count). The van der Waals surface area contributed by atoms with Crippen LogP contribution in [0.15, 0.2) is 17.8 Å². The topological polar surface area (TPSA) is 60.3 Å². The summed E-state index contributed by atoms with van der Waals surface area (Å²) in [4.78, 5) is 4.94. The van der Waals surface area contributed by atoms with E-state index in [1.165, 1.54) is 0 Å². The molecule has 0 aromatic carbocycles. The molecule has 0 radical (unpaired) electrons. The van der Waals surface area contributed by atoms with Gasteiger partial charge in [0.2, 0.25) is 0 Å². The van der Waals surface area contributed by atoms with Crippen LogP contribution in [0.2, 0.25) is 0 Å². The summed E-state index contributed by atoms with van der Waals surface area (Å²) < 4.78 is 10.6. The zero-order valence-corrected chi connectivity index (χ0v) is 7.76. The van der Waals surface area contributed by atoms with Gasteiger partial charge < -0.3 is 19.4 Å². The van der Waals surface area contributed by atoms with Crippen LogP contribution in [0.4, 0.5) is 0 Å². The zero-order valence-electron chi connectivity index (χ0n) is 7.76. The van der Waals surface area contributed by atoms with Gasteiger partial charge in [-0.25, -0.2) is 0 Å². The SMILES string of the molecule is C=CCON=C1COC2C(O)COC12. The molecule has 5 heteroatoms. The second-order valence-electron chi connectivity index (χ2n) is 3.26. The van der Waals surface area contributed by atoms with E-state index in [-0.39, 0.29) is 12.2 Å². The molecule has 2 fully saturated rings. The molecule has 1 N–H and O–H groups in total. The van der Waals surface area contributed by atoms with Crippen molar-refractivity contribution < 1.29 is 19.4 Å². The third-order valence-corrected chi connectivity index (χ3v) is 2.25. The zero-order chi connectivity index (χ0) is 9.97. The predicted molar refractivity (Wildman–Crippen MR) is 49.1 cm³/mol. The number of hydrogen-bond acceptors (Lipinski definition) is 5. The molecule has 0 saturated carbocycles. The molecule has 78 valence electrons. The molecule has 0 aromatic rings. The highest BCUT2D eigenvalue weighted by atomic mass is 16.6. The van der Waals surface area contributed by atoms with Crippen molar-refractivity contribution >= 4 is 5.71 Å². The third-order valence-electron chi connectivity index (χ3n) is 2.25. The minimum atomic E-state index is -0.549. The molecule has 2 heterocycles. The van der Waals surface area contributed by atoms with E-state index >= 15 is 0 Å². The fraction of sp³-hybridized carbons (Fsp3) is 0.667. The molecule has 3 atom stereocenters. The van der Waals surface area contributed by atoms with E-state index in [9.17, 15) is 5.11 Å². The number of hydrogen-bond donors (Lipinski definition) is 1. The normalized spacial score (nSPS) is 38.6. The summed E-state index contributed by atoms with van der Waals surface area (Å²) >= 11 is 0. The van der Waals surface area contributed by atoms with Crippen LogP contribution < -0.4 is 0 Å². The number of aliphatic hydroxyl groups excluding tert-OH is 1.